The molecule has 0 amide bonds. The van der Waals surface area contributed by atoms with Crippen LogP contribution < -0.4 is 4.74 Å². The molecule has 110 valence electrons. The molecule has 0 N–H and O–H groups in total. The van der Waals surface area contributed by atoms with Gasteiger partial charge in [0.2, 0.25) is 0 Å². The Kier molecular flexibility index (Phi) is 4.31. The van der Waals surface area contributed by atoms with E-state index in [1.54, 1.807) is 24.3 Å². The summed E-state index contributed by atoms with van der Waals surface area (Å²) in [5.41, 5.74) is -0.115. The fraction of sp³-hybridized carbons (Fsp3) is 0.125. The first-order valence-electron chi connectivity index (χ1n) is 6.09. The van der Waals surface area contributed by atoms with E-state index in [-0.39, 0.29) is 5.56 Å². The third-order valence-electron chi connectivity index (χ3n) is 2.90. The molecule has 0 aliphatic rings. The van der Waals surface area contributed by atoms with Crippen LogP contribution in [-0.2, 0) is 6.18 Å². The van der Waals surface area contributed by atoms with Crippen LogP contribution in [0.2, 0.25) is 0 Å². The summed E-state index contributed by atoms with van der Waals surface area (Å²) >= 11 is 0. The molecule has 21 heavy (non-hydrogen) atoms. The fourth-order valence-corrected chi connectivity index (χ4v) is 1.75. The van der Waals surface area contributed by atoms with E-state index < -0.39 is 17.6 Å². The third-order valence-corrected chi connectivity index (χ3v) is 2.90. The molecule has 0 bridgehead atoms. The Morgan fingerprint density at radius 2 is 1.52 bits per heavy atom. The first kappa shape index (κ1) is 15.1. The number of halogens is 4. The van der Waals surface area contributed by atoms with Gasteiger partial charge in [-0.25, -0.2) is 4.39 Å². The molecule has 0 spiro atoms. The Balaban J connectivity index is 2.22. The predicted octanol–water partition coefficient (Wildman–Crippen LogP) is 5.18. The van der Waals surface area contributed by atoms with Crippen molar-refractivity contribution in [2.24, 2.45) is 0 Å². The average Bonchev–Trinajstić information content (AvgIpc) is 2.47. The van der Waals surface area contributed by atoms with Crippen molar-refractivity contribution in [3.05, 3.63) is 65.2 Å². The Morgan fingerprint density at radius 1 is 0.952 bits per heavy atom. The second-order valence-corrected chi connectivity index (χ2v) is 4.34. The SMILES string of the molecule is COc1ccc(/C=C(/F)c2ccc(C(F)(F)F)cc2)cc1. The van der Waals surface area contributed by atoms with E-state index in [1.165, 1.54) is 13.2 Å². The minimum Gasteiger partial charge on any atom is -0.497 e. The van der Waals surface area contributed by atoms with E-state index in [4.69, 9.17) is 4.74 Å². The van der Waals surface area contributed by atoms with Crippen molar-refractivity contribution in [2.75, 3.05) is 7.11 Å². The molecule has 0 atom stereocenters. The van der Waals surface area contributed by atoms with Crippen LogP contribution in [0.3, 0.4) is 0 Å². The zero-order valence-electron chi connectivity index (χ0n) is 11.1. The lowest BCUT2D eigenvalue weighted by atomic mass is 10.1. The minimum atomic E-state index is -4.42. The number of benzene rings is 2. The zero-order chi connectivity index (χ0) is 15.5. The van der Waals surface area contributed by atoms with Gasteiger partial charge < -0.3 is 4.74 Å². The van der Waals surface area contributed by atoms with E-state index in [2.05, 4.69) is 0 Å². The number of hydrogen-bond donors (Lipinski definition) is 0. The highest BCUT2D eigenvalue weighted by Gasteiger charge is 2.30. The molecule has 0 aliphatic heterocycles. The topological polar surface area (TPSA) is 9.23 Å². The van der Waals surface area contributed by atoms with Gasteiger partial charge >= 0.3 is 6.18 Å². The lowest BCUT2D eigenvalue weighted by Crippen LogP contribution is -2.04. The van der Waals surface area contributed by atoms with Crippen molar-refractivity contribution in [1.82, 2.24) is 0 Å². The third kappa shape index (κ3) is 3.84. The first-order valence-corrected chi connectivity index (χ1v) is 6.09. The molecule has 0 saturated carbocycles. The van der Waals surface area contributed by atoms with Crippen molar-refractivity contribution in [2.45, 2.75) is 6.18 Å². The monoisotopic (exact) mass is 296 g/mol. The Morgan fingerprint density at radius 3 is 2.00 bits per heavy atom. The summed E-state index contributed by atoms with van der Waals surface area (Å²) < 4.78 is 56.2. The van der Waals surface area contributed by atoms with E-state index >= 15 is 0 Å². The van der Waals surface area contributed by atoms with Gasteiger partial charge in [-0.3, -0.25) is 0 Å². The van der Waals surface area contributed by atoms with Crippen LogP contribution in [0.5, 0.6) is 5.75 Å². The maximum absolute atomic E-state index is 14.0. The van der Waals surface area contributed by atoms with Crippen molar-refractivity contribution in [3.63, 3.8) is 0 Å². The van der Waals surface area contributed by atoms with Crippen LogP contribution >= 0.6 is 0 Å². The smallest absolute Gasteiger partial charge is 0.416 e. The van der Waals surface area contributed by atoms with Crippen LogP contribution in [0, 0.1) is 0 Å². The van der Waals surface area contributed by atoms with Crippen LogP contribution in [0.1, 0.15) is 16.7 Å². The largest absolute Gasteiger partial charge is 0.497 e. The summed E-state index contributed by atoms with van der Waals surface area (Å²) in [4.78, 5) is 0. The predicted molar refractivity (Wildman–Crippen MR) is 73.4 cm³/mol. The Labute approximate surface area is 119 Å². The van der Waals surface area contributed by atoms with Gasteiger partial charge in [0, 0.05) is 5.56 Å². The fourth-order valence-electron chi connectivity index (χ4n) is 1.75. The minimum absolute atomic E-state index is 0.0961. The van der Waals surface area contributed by atoms with Crippen molar-refractivity contribution >= 4 is 11.9 Å². The van der Waals surface area contributed by atoms with Gasteiger partial charge in [-0.2, -0.15) is 13.2 Å². The van der Waals surface area contributed by atoms with E-state index in [0.29, 0.717) is 11.3 Å². The first-order chi connectivity index (χ1) is 9.90. The van der Waals surface area contributed by atoms with E-state index in [9.17, 15) is 17.6 Å². The van der Waals surface area contributed by atoms with Crippen LogP contribution in [-0.4, -0.2) is 7.11 Å². The lowest BCUT2D eigenvalue weighted by molar-refractivity contribution is -0.137. The second-order valence-electron chi connectivity index (χ2n) is 4.34. The van der Waals surface area contributed by atoms with Crippen LogP contribution in [0.4, 0.5) is 17.6 Å². The van der Waals surface area contributed by atoms with Crippen LogP contribution in [0.25, 0.3) is 11.9 Å². The number of methoxy groups -OCH3 is 1. The number of alkyl halides is 3. The van der Waals surface area contributed by atoms with E-state index in [1.807, 2.05) is 0 Å². The molecular formula is C16H12F4O. The number of hydrogen-bond acceptors (Lipinski definition) is 1. The molecule has 0 heterocycles. The number of rotatable bonds is 3. The molecule has 0 radical (unpaired) electrons. The molecule has 0 aliphatic carbocycles. The molecule has 2 aromatic carbocycles. The molecule has 0 aromatic heterocycles. The van der Waals surface area contributed by atoms with Crippen molar-refractivity contribution in [3.8, 4) is 5.75 Å². The summed E-state index contributed by atoms with van der Waals surface area (Å²) in [5, 5.41) is 0. The molecule has 0 fully saturated rings. The van der Waals surface area contributed by atoms with Gasteiger partial charge in [0.25, 0.3) is 0 Å². The normalized spacial score (nSPS) is 12.3. The second kappa shape index (κ2) is 5.99. The molecule has 1 nitrogen and oxygen atoms in total. The zero-order valence-corrected chi connectivity index (χ0v) is 11.1. The average molecular weight is 296 g/mol. The standard InChI is InChI=1S/C16H12F4O/c1-21-14-8-2-11(3-9-14)10-15(17)12-4-6-13(7-5-12)16(18,19)20/h2-10H,1H3/b15-10+. The molecule has 2 aromatic rings. The number of ether oxygens (including phenoxy) is 1. The Hall–Kier alpha value is -2.30. The molecule has 0 unspecified atom stereocenters. The quantitative estimate of drug-likeness (QED) is 0.560. The summed E-state index contributed by atoms with van der Waals surface area (Å²) in [6.07, 6.45) is -3.17. The highest BCUT2D eigenvalue weighted by atomic mass is 19.4. The molecular weight excluding hydrogens is 284 g/mol. The van der Waals surface area contributed by atoms with Gasteiger partial charge in [0.05, 0.1) is 12.7 Å². The maximum atomic E-state index is 14.0. The van der Waals surface area contributed by atoms with Gasteiger partial charge in [-0.15, -0.1) is 0 Å². The summed E-state index contributed by atoms with van der Waals surface area (Å²) in [7, 11) is 1.52. The van der Waals surface area contributed by atoms with Crippen molar-refractivity contribution in [1.29, 1.82) is 0 Å². The molecule has 5 heteroatoms. The van der Waals surface area contributed by atoms with Gasteiger partial charge in [-0.05, 0) is 35.9 Å². The van der Waals surface area contributed by atoms with Crippen molar-refractivity contribution < 1.29 is 22.3 Å². The van der Waals surface area contributed by atoms with Gasteiger partial charge in [-0.1, -0.05) is 24.3 Å². The highest BCUT2D eigenvalue weighted by molar-refractivity contribution is 5.76. The van der Waals surface area contributed by atoms with Crippen LogP contribution in [0.15, 0.2) is 48.5 Å². The van der Waals surface area contributed by atoms with Gasteiger partial charge in [0.1, 0.15) is 11.6 Å². The molecule has 0 saturated heterocycles. The maximum Gasteiger partial charge on any atom is 0.416 e. The summed E-state index contributed by atoms with van der Waals surface area (Å²) in [5.74, 6) is 0.0379. The Bertz CT molecular complexity index is 625. The highest BCUT2D eigenvalue weighted by Crippen LogP contribution is 2.30. The summed E-state index contributed by atoms with van der Waals surface area (Å²) in [6, 6.07) is 10.6. The van der Waals surface area contributed by atoms with Gasteiger partial charge in [0.15, 0.2) is 0 Å². The lowest BCUT2D eigenvalue weighted by Gasteiger charge is -2.07. The summed E-state index contributed by atoms with van der Waals surface area (Å²) in [6.45, 7) is 0. The van der Waals surface area contributed by atoms with E-state index in [0.717, 1.165) is 24.3 Å². The molecule has 2 rings (SSSR count).